The van der Waals surface area contributed by atoms with Crippen molar-refractivity contribution in [2.75, 3.05) is 57.1 Å². The van der Waals surface area contributed by atoms with Gasteiger partial charge >= 0.3 is 0 Å². The topological polar surface area (TPSA) is 100 Å². The Balaban J connectivity index is 1.24. The summed E-state index contributed by atoms with van der Waals surface area (Å²) in [4.78, 5) is 32.9. The summed E-state index contributed by atoms with van der Waals surface area (Å²) < 4.78 is 14.5. The van der Waals surface area contributed by atoms with Crippen LogP contribution >= 0.6 is 0 Å². The molecule has 1 amide bonds. The van der Waals surface area contributed by atoms with Gasteiger partial charge in [0, 0.05) is 74.9 Å². The van der Waals surface area contributed by atoms with E-state index in [-0.39, 0.29) is 11.9 Å². The molecule has 1 N–H and O–H groups in total. The fourth-order valence-electron chi connectivity index (χ4n) is 6.04. The summed E-state index contributed by atoms with van der Waals surface area (Å²) in [5, 5.41) is 4.45. The maximum Gasteiger partial charge on any atom is 0.246 e. The van der Waals surface area contributed by atoms with Crippen LogP contribution in [0.25, 0.3) is 10.9 Å². The van der Waals surface area contributed by atoms with Gasteiger partial charge in [-0.25, -0.2) is 15.0 Å². The zero-order valence-corrected chi connectivity index (χ0v) is 27.0. The first kappa shape index (κ1) is 30.9. The van der Waals surface area contributed by atoms with Gasteiger partial charge in [-0.3, -0.25) is 4.79 Å². The molecule has 1 fully saturated rings. The van der Waals surface area contributed by atoms with Crippen LogP contribution in [-0.2, 0) is 11.8 Å². The molecule has 4 heterocycles. The number of benzene rings is 2. The number of rotatable bonds is 8. The monoisotopic (exact) mass is 618 g/mol. The Hall–Kier alpha value is -5.10. The lowest BCUT2D eigenvalue weighted by Crippen LogP contribution is -2.56. The van der Waals surface area contributed by atoms with E-state index >= 15 is 0 Å². The summed E-state index contributed by atoms with van der Waals surface area (Å²) in [5.74, 6) is 2.96. The molecule has 0 saturated carbocycles. The van der Waals surface area contributed by atoms with Crippen LogP contribution in [0, 0.1) is 6.92 Å². The Labute approximate surface area is 269 Å². The van der Waals surface area contributed by atoms with Gasteiger partial charge in [-0.05, 0) is 56.3 Å². The number of pyridine rings is 1. The first-order valence-corrected chi connectivity index (χ1v) is 15.4. The number of nitrogens with zero attached hydrogens (tertiary/aromatic N) is 7. The first-order valence-electron chi connectivity index (χ1n) is 15.4. The first-order chi connectivity index (χ1) is 22.2. The van der Waals surface area contributed by atoms with Gasteiger partial charge in [0.15, 0.2) is 0 Å². The average molecular weight is 619 g/mol. The number of piperazine rings is 1. The van der Waals surface area contributed by atoms with Crippen molar-refractivity contribution in [2.45, 2.75) is 13.0 Å². The quantitative estimate of drug-likeness (QED) is 0.238. The minimum Gasteiger partial charge on any atom is -0.489 e. The van der Waals surface area contributed by atoms with Crippen LogP contribution in [0.15, 0.2) is 78.8 Å². The van der Waals surface area contributed by atoms with Gasteiger partial charge in [0.2, 0.25) is 5.91 Å². The number of carbonyl (C=O) groups is 1. The summed E-state index contributed by atoms with van der Waals surface area (Å²) in [5.41, 5.74) is 5.45. The van der Waals surface area contributed by atoms with E-state index < -0.39 is 0 Å². The van der Waals surface area contributed by atoms with Crippen LogP contribution in [0.2, 0.25) is 0 Å². The van der Waals surface area contributed by atoms with Crippen LogP contribution in [-0.4, -0.2) is 91.0 Å². The second-order valence-corrected chi connectivity index (χ2v) is 11.9. The largest absolute Gasteiger partial charge is 0.489 e. The van der Waals surface area contributed by atoms with Gasteiger partial charge in [-0.15, -0.1) is 0 Å². The van der Waals surface area contributed by atoms with E-state index in [1.807, 2.05) is 91.1 Å². The highest BCUT2D eigenvalue weighted by Crippen LogP contribution is 2.37. The maximum absolute atomic E-state index is 13.0. The van der Waals surface area contributed by atoms with Crippen LogP contribution in [0.5, 0.6) is 17.2 Å². The SMILES string of the molecule is Bc1c2c(cc3ncnc(Nc4ccc(Oc5ccn(C)/c(=N\C=C)c5)c(C)c4)c13)OCC1CN2CCN1C(=O)/C=C/CN(C)C. The van der Waals surface area contributed by atoms with Gasteiger partial charge in [-0.1, -0.05) is 12.7 Å². The van der Waals surface area contributed by atoms with Gasteiger partial charge in [0.25, 0.3) is 0 Å². The lowest BCUT2D eigenvalue weighted by Gasteiger charge is -2.40. The molecule has 12 heteroatoms. The Morgan fingerprint density at radius 2 is 2.09 bits per heavy atom. The zero-order valence-electron chi connectivity index (χ0n) is 27.0. The second-order valence-electron chi connectivity index (χ2n) is 11.9. The number of hydrogen-bond donors (Lipinski definition) is 1. The molecule has 11 nitrogen and oxygen atoms in total. The van der Waals surface area contributed by atoms with Crippen molar-refractivity contribution >= 4 is 47.3 Å². The summed E-state index contributed by atoms with van der Waals surface area (Å²) in [7, 11) is 7.98. The van der Waals surface area contributed by atoms with Gasteiger partial charge < -0.3 is 34.1 Å². The van der Waals surface area contributed by atoms with Crippen LogP contribution in [0.3, 0.4) is 0 Å². The number of hydrogen-bond acceptors (Lipinski definition) is 9. The third kappa shape index (κ3) is 6.34. The Morgan fingerprint density at radius 1 is 1.24 bits per heavy atom. The molecule has 0 spiro atoms. The number of anilines is 3. The standard InChI is InChI=1S/C34H39BN8O3/c1-6-36-29-17-25(11-13-41(29)5)46-27-10-9-23(16-22(27)2)39-34-31-26(37-21-38-34)18-28-33(32(31)35)42-14-15-43(24(19-42)20-45-28)30(44)8-7-12-40(3)4/h6-11,13,16-18,21,24H,1,12,14-15,19-20,35H2,2-5H3,(H,37,38,39)/b8-7+,36-29-. The molecule has 2 aromatic carbocycles. The summed E-state index contributed by atoms with van der Waals surface area (Å²) in [6, 6.07) is 11.7. The molecule has 0 aliphatic carbocycles. The average Bonchev–Trinajstić information content (AvgIpc) is 3.16. The molecule has 4 aromatic rings. The summed E-state index contributed by atoms with van der Waals surface area (Å²) in [6.07, 6.45) is 8.58. The van der Waals surface area contributed by atoms with E-state index in [0.717, 1.165) is 56.8 Å². The number of aromatic nitrogens is 3. The molecule has 2 aliphatic heterocycles. The van der Waals surface area contributed by atoms with Gasteiger partial charge in [0.1, 0.15) is 49.3 Å². The van der Waals surface area contributed by atoms with E-state index in [2.05, 4.69) is 39.6 Å². The summed E-state index contributed by atoms with van der Waals surface area (Å²) in [6.45, 7) is 8.90. The predicted octanol–water partition coefficient (Wildman–Crippen LogP) is 2.64. The highest BCUT2D eigenvalue weighted by atomic mass is 16.5. The number of nitrogens with one attached hydrogen (secondary N) is 1. The predicted molar refractivity (Wildman–Crippen MR) is 184 cm³/mol. The van der Waals surface area contributed by atoms with Crippen molar-refractivity contribution in [1.29, 1.82) is 0 Å². The fourth-order valence-corrected chi connectivity index (χ4v) is 6.04. The highest BCUT2D eigenvalue weighted by molar-refractivity contribution is 6.44. The molecule has 46 heavy (non-hydrogen) atoms. The second kappa shape index (κ2) is 13.1. The van der Waals surface area contributed by atoms with Gasteiger partial charge in [0.05, 0.1) is 17.2 Å². The molecule has 1 saturated heterocycles. The van der Waals surface area contributed by atoms with E-state index in [1.165, 1.54) is 6.20 Å². The van der Waals surface area contributed by atoms with E-state index in [0.29, 0.717) is 37.8 Å². The number of fused-ring (bicyclic) bond motifs is 5. The number of carbonyl (C=O) groups excluding carboxylic acids is 1. The van der Waals surface area contributed by atoms with Crippen molar-refractivity contribution < 1.29 is 14.3 Å². The molecule has 1 unspecified atom stereocenters. The molecule has 6 rings (SSSR count). The Kier molecular flexibility index (Phi) is 8.80. The number of aryl methyl sites for hydroxylation is 2. The smallest absolute Gasteiger partial charge is 0.246 e. The third-order valence-corrected chi connectivity index (χ3v) is 8.34. The molecule has 0 radical (unpaired) electrons. The number of ether oxygens (including phenoxy) is 2. The highest BCUT2D eigenvalue weighted by Gasteiger charge is 2.35. The summed E-state index contributed by atoms with van der Waals surface area (Å²) >= 11 is 0. The Morgan fingerprint density at radius 3 is 2.87 bits per heavy atom. The van der Waals surface area contributed by atoms with E-state index in [1.54, 1.807) is 12.4 Å². The zero-order chi connectivity index (χ0) is 32.4. The molecule has 236 valence electrons. The van der Waals surface area contributed by atoms with Crippen molar-refractivity contribution in [2.24, 2.45) is 12.0 Å². The lowest BCUT2D eigenvalue weighted by atomic mass is 9.88. The van der Waals surface area contributed by atoms with Crippen molar-refractivity contribution in [3.8, 4) is 17.2 Å². The molecule has 1 atom stereocenters. The van der Waals surface area contributed by atoms with Crippen LogP contribution in [0.1, 0.15) is 5.56 Å². The molecular formula is C34H39BN8O3. The normalized spacial score (nSPS) is 16.4. The maximum atomic E-state index is 13.0. The molecule has 2 aliphatic rings. The minimum absolute atomic E-state index is 0.0258. The fraction of sp³-hybridized carbons (Fsp3) is 0.294. The minimum atomic E-state index is -0.0470. The Bertz CT molecular complexity index is 1900. The number of amides is 1. The molecular weight excluding hydrogens is 579 g/mol. The van der Waals surface area contributed by atoms with Crippen molar-refractivity contribution in [1.82, 2.24) is 24.3 Å². The van der Waals surface area contributed by atoms with E-state index in [9.17, 15) is 4.79 Å². The van der Waals surface area contributed by atoms with Crippen molar-refractivity contribution in [3.05, 3.63) is 84.9 Å². The number of likely N-dealkylation sites (N-methyl/N-ethyl adjacent to an activating group) is 1. The van der Waals surface area contributed by atoms with Crippen molar-refractivity contribution in [3.63, 3.8) is 0 Å². The van der Waals surface area contributed by atoms with Gasteiger partial charge in [-0.2, -0.15) is 0 Å². The van der Waals surface area contributed by atoms with E-state index in [4.69, 9.17) is 9.47 Å². The molecule has 2 bridgehead atoms. The van der Waals surface area contributed by atoms with Crippen LogP contribution < -0.4 is 30.6 Å². The molecule has 2 aromatic heterocycles. The van der Waals surface area contributed by atoms with Crippen LogP contribution in [0.4, 0.5) is 17.2 Å². The third-order valence-electron chi connectivity index (χ3n) is 8.34. The lowest BCUT2D eigenvalue weighted by molar-refractivity contribution is -0.129.